The molecule has 0 aliphatic rings. The number of hydrogen-bond acceptors (Lipinski definition) is 2. The molecule has 3 aromatic carbocycles. The molecular weight excluding hydrogens is 317 g/mol. The first-order valence-electron chi connectivity index (χ1n) is 8.01. The van der Waals surface area contributed by atoms with Crippen molar-refractivity contribution in [3.05, 3.63) is 89.8 Å². The van der Waals surface area contributed by atoms with Gasteiger partial charge in [0.25, 0.3) is 0 Å². The standard InChI is InChI=1S/C21H18FNO2/c22-19-11-4-3-10-18(19)20(24)14-23-21(25)13-12-16-8-5-7-15-6-1-2-9-17(15)16/h1-13,20,24H,14H2,(H,23,25)/b13-12+. The lowest BCUT2D eigenvalue weighted by Crippen LogP contribution is -2.27. The van der Waals surface area contributed by atoms with Crippen molar-refractivity contribution in [3.8, 4) is 0 Å². The summed E-state index contributed by atoms with van der Waals surface area (Å²) >= 11 is 0. The molecule has 0 spiro atoms. The van der Waals surface area contributed by atoms with E-state index < -0.39 is 11.9 Å². The summed E-state index contributed by atoms with van der Waals surface area (Å²) in [5.41, 5.74) is 1.10. The van der Waals surface area contributed by atoms with Gasteiger partial charge in [-0.05, 0) is 28.5 Å². The van der Waals surface area contributed by atoms with E-state index in [1.807, 2.05) is 42.5 Å². The summed E-state index contributed by atoms with van der Waals surface area (Å²) in [4.78, 5) is 12.0. The second-order valence-corrected chi connectivity index (χ2v) is 5.68. The van der Waals surface area contributed by atoms with Gasteiger partial charge < -0.3 is 10.4 Å². The molecule has 3 rings (SSSR count). The van der Waals surface area contributed by atoms with E-state index in [0.29, 0.717) is 0 Å². The monoisotopic (exact) mass is 335 g/mol. The number of fused-ring (bicyclic) bond motifs is 1. The van der Waals surface area contributed by atoms with E-state index >= 15 is 0 Å². The van der Waals surface area contributed by atoms with Crippen LogP contribution in [0, 0.1) is 5.82 Å². The van der Waals surface area contributed by atoms with Crippen LogP contribution in [0.1, 0.15) is 17.2 Å². The second kappa shape index (κ2) is 7.73. The average molecular weight is 335 g/mol. The second-order valence-electron chi connectivity index (χ2n) is 5.68. The van der Waals surface area contributed by atoms with Crippen LogP contribution in [0.3, 0.4) is 0 Å². The van der Waals surface area contributed by atoms with E-state index in [9.17, 15) is 14.3 Å². The topological polar surface area (TPSA) is 49.3 Å². The van der Waals surface area contributed by atoms with Gasteiger partial charge in [0.05, 0.1) is 6.10 Å². The molecule has 0 fully saturated rings. The van der Waals surface area contributed by atoms with Gasteiger partial charge in [-0.1, -0.05) is 60.7 Å². The van der Waals surface area contributed by atoms with Gasteiger partial charge in [0.15, 0.2) is 0 Å². The SMILES string of the molecule is O=C(/C=C/c1cccc2ccccc12)NCC(O)c1ccccc1F. The fourth-order valence-corrected chi connectivity index (χ4v) is 2.67. The maximum Gasteiger partial charge on any atom is 0.244 e. The minimum Gasteiger partial charge on any atom is -0.386 e. The first kappa shape index (κ1) is 16.9. The van der Waals surface area contributed by atoms with Gasteiger partial charge in [0.1, 0.15) is 5.82 Å². The molecule has 126 valence electrons. The van der Waals surface area contributed by atoms with Crippen LogP contribution in [0.25, 0.3) is 16.8 Å². The Balaban J connectivity index is 1.64. The molecule has 0 heterocycles. The Bertz CT molecular complexity index is 915. The number of hydrogen-bond donors (Lipinski definition) is 2. The Hall–Kier alpha value is -2.98. The molecule has 3 nitrogen and oxygen atoms in total. The Kier molecular flexibility index (Phi) is 5.21. The van der Waals surface area contributed by atoms with E-state index in [0.717, 1.165) is 16.3 Å². The van der Waals surface area contributed by atoms with Gasteiger partial charge in [0, 0.05) is 18.2 Å². The summed E-state index contributed by atoms with van der Waals surface area (Å²) in [7, 11) is 0. The highest BCUT2D eigenvalue weighted by molar-refractivity contribution is 5.96. The normalized spacial score (nSPS) is 12.4. The molecule has 4 heteroatoms. The predicted molar refractivity (Wildman–Crippen MR) is 97.4 cm³/mol. The van der Waals surface area contributed by atoms with Gasteiger partial charge >= 0.3 is 0 Å². The van der Waals surface area contributed by atoms with Crippen molar-refractivity contribution < 1.29 is 14.3 Å². The first-order chi connectivity index (χ1) is 12.1. The zero-order valence-corrected chi connectivity index (χ0v) is 13.5. The van der Waals surface area contributed by atoms with Crippen molar-refractivity contribution in [3.63, 3.8) is 0 Å². The minimum absolute atomic E-state index is 0.0559. The third-order valence-corrected chi connectivity index (χ3v) is 3.97. The maximum atomic E-state index is 13.6. The minimum atomic E-state index is -1.09. The highest BCUT2D eigenvalue weighted by atomic mass is 19.1. The van der Waals surface area contributed by atoms with Crippen LogP contribution >= 0.6 is 0 Å². The van der Waals surface area contributed by atoms with Crippen molar-refractivity contribution >= 4 is 22.8 Å². The number of benzene rings is 3. The number of aliphatic hydroxyl groups excluding tert-OH is 1. The largest absolute Gasteiger partial charge is 0.386 e. The molecular formula is C21H18FNO2. The summed E-state index contributed by atoms with van der Waals surface area (Å²) in [6.07, 6.45) is 2.05. The van der Waals surface area contributed by atoms with Gasteiger partial charge in [-0.15, -0.1) is 0 Å². The lowest BCUT2D eigenvalue weighted by Gasteiger charge is -2.12. The lowest BCUT2D eigenvalue weighted by molar-refractivity contribution is -0.116. The number of amides is 1. The quantitative estimate of drug-likeness (QED) is 0.696. The third kappa shape index (κ3) is 4.11. The zero-order valence-electron chi connectivity index (χ0n) is 13.5. The summed E-state index contributed by atoms with van der Waals surface area (Å²) in [6, 6.07) is 19.8. The average Bonchev–Trinajstić information content (AvgIpc) is 2.64. The summed E-state index contributed by atoms with van der Waals surface area (Å²) < 4.78 is 13.6. The van der Waals surface area contributed by atoms with Crippen LogP contribution in [0.2, 0.25) is 0 Å². The maximum absolute atomic E-state index is 13.6. The molecule has 1 amide bonds. The molecule has 1 unspecified atom stereocenters. The zero-order chi connectivity index (χ0) is 17.6. The van der Waals surface area contributed by atoms with Gasteiger partial charge in [0.2, 0.25) is 5.91 Å². The lowest BCUT2D eigenvalue weighted by atomic mass is 10.0. The van der Waals surface area contributed by atoms with Gasteiger partial charge in [-0.25, -0.2) is 4.39 Å². The number of aliphatic hydroxyl groups is 1. The van der Waals surface area contributed by atoms with E-state index in [4.69, 9.17) is 0 Å². The number of nitrogens with one attached hydrogen (secondary N) is 1. The van der Waals surface area contributed by atoms with E-state index in [1.54, 1.807) is 18.2 Å². The smallest absolute Gasteiger partial charge is 0.244 e. The molecule has 0 radical (unpaired) electrons. The molecule has 3 aromatic rings. The third-order valence-electron chi connectivity index (χ3n) is 3.97. The Morgan fingerprint density at radius 1 is 1.04 bits per heavy atom. The fourth-order valence-electron chi connectivity index (χ4n) is 2.67. The molecule has 0 aliphatic carbocycles. The molecule has 1 atom stereocenters. The first-order valence-corrected chi connectivity index (χ1v) is 8.01. The summed E-state index contributed by atoms with van der Waals surface area (Å²) in [5, 5.41) is 14.7. The summed E-state index contributed by atoms with van der Waals surface area (Å²) in [5.74, 6) is -0.834. The van der Waals surface area contributed by atoms with Crippen LogP contribution in [0.5, 0.6) is 0 Å². The Morgan fingerprint density at radius 3 is 2.60 bits per heavy atom. The van der Waals surface area contributed by atoms with Crippen LogP contribution < -0.4 is 5.32 Å². The van der Waals surface area contributed by atoms with Crippen molar-refractivity contribution in [1.82, 2.24) is 5.32 Å². The van der Waals surface area contributed by atoms with Crippen molar-refractivity contribution in [1.29, 1.82) is 0 Å². The van der Waals surface area contributed by atoms with Crippen LogP contribution in [0.4, 0.5) is 4.39 Å². The number of carbonyl (C=O) groups excluding carboxylic acids is 1. The Labute approximate surface area is 145 Å². The summed E-state index contributed by atoms with van der Waals surface area (Å²) in [6.45, 7) is -0.0559. The molecule has 0 bridgehead atoms. The van der Waals surface area contributed by atoms with Gasteiger partial charge in [-0.2, -0.15) is 0 Å². The highest BCUT2D eigenvalue weighted by Gasteiger charge is 2.12. The highest BCUT2D eigenvalue weighted by Crippen LogP contribution is 2.19. The van der Waals surface area contributed by atoms with Crippen LogP contribution in [-0.4, -0.2) is 17.6 Å². The van der Waals surface area contributed by atoms with Gasteiger partial charge in [-0.3, -0.25) is 4.79 Å². The van der Waals surface area contributed by atoms with E-state index in [2.05, 4.69) is 5.32 Å². The van der Waals surface area contributed by atoms with Crippen molar-refractivity contribution in [2.75, 3.05) is 6.54 Å². The number of halogens is 1. The van der Waals surface area contributed by atoms with Crippen molar-refractivity contribution in [2.24, 2.45) is 0 Å². The number of rotatable bonds is 5. The molecule has 0 saturated carbocycles. The molecule has 2 N–H and O–H groups in total. The van der Waals surface area contributed by atoms with E-state index in [-0.39, 0.29) is 18.0 Å². The molecule has 0 saturated heterocycles. The predicted octanol–water partition coefficient (Wildman–Crippen LogP) is 3.84. The number of carbonyl (C=O) groups is 1. The van der Waals surface area contributed by atoms with Crippen LogP contribution in [0.15, 0.2) is 72.8 Å². The molecule has 0 aliphatic heterocycles. The molecule has 0 aromatic heterocycles. The van der Waals surface area contributed by atoms with Crippen molar-refractivity contribution in [2.45, 2.75) is 6.10 Å². The Morgan fingerprint density at radius 2 is 1.76 bits per heavy atom. The molecule has 25 heavy (non-hydrogen) atoms. The van der Waals surface area contributed by atoms with Crippen LogP contribution in [-0.2, 0) is 4.79 Å². The fraction of sp³-hybridized carbons (Fsp3) is 0.0952. The van der Waals surface area contributed by atoms with E-state index in [1.165, 1.54) is 18.2 Å².